The van der Waals surface area contributed by atoms with Gasteiger partial charge in [-0.2, -0.15) is 5.06 Å². The lowest BCUT2D eigenvalue weighted by Gasteiger charge is -2.30. The van der Waals surface area contributed by atoms with Crippen molar-refractivity contribution in [3.8, 4) is 0 Å². The third-order valence-corrected chi connectivity index (χ3v) is 1.78. The van der Waals surface area contributed by atoms with Gasteiger partial charge in [0, 0.05) is 26.2 Å². The summed E-state index contributed by atoms with van der Waals surface area (Å²) in [5, 5.41) is 10.2. The summed E-state index contributed by atoms with van der Waals surface area (Å²) in [6.07, 6.45) is -0.286. The Morgan fingerprint density at radius 2 is 2.00 bits per heavy atom. The van der Waals surface area contributed by atoms with Gasteiger partial charge in [-0.1, -0.05) is 0 Å². The highest BCUT2D eigenvalue weighted by Crippen LogP contribution is 2.00. The summed E-state index contributed by atoms with van der Waals surface area (Å²) < 4.78 is 4.80. The normalized spacial score (nSPS) is 19.3. The van der Waals surface area contributed by atoms with Gasteiger partial charge in [-0.15, -0.1) is 0 Å². The van der Waals surface area contributed by atoms with Gasteiger partial charge in [0.05, 0.1) is 6.61 Å². The van der Waals surface area contributed by atoms with E-state index < -0.39 is 0 Å². The third kappa shape index (κ3) is 2.35. The maximum atomic E-state index is 11.1. The van der Waals surface area contributed by atoms with E-state index in [1.54, 1.807) is 11.8 Å². The number of hydroxylamine groups is 2. The molecule has 1 saturated heterocycles. The first kappa shape index (κ1) is 9.28. The van der Waals surface area contributed by atoms with Gasteiger partial charge >= 0.3 is 6.09 Å². The Labute approximate surface area is 71.5 Å². The van der Waals surface area contributed by atoms with E-state index in [4.69, 9.17) is 9.94 Å². The largest absolute Gasteiger partial charge is 0.450 e. The van der Waals surface area contributed by atoms with Gasteiger partial charge in [0.2, 0.25) is 0 Å². The van der Waals surface area contributed by atoms with Gasteiger partial charge in [0.25, 0.3) is 0 Å². The van der Waals surface area contributed by atoms with Gasteiger partial charge in [-0.05, 0) is 6.92 Å². The van der Waals surface area contributed by atoms with Crippen LogP contribution in [-0.2, 0) is 4.74 Å². The number of hydrogen-bond acceptors (Lipinski definition) is 4. The molecule has 1 heterocycles. The average Bonchev–Trinajstić information content (AvgIpc) is 2.06. The molecule has 0 aromatic heterocycles. The first-order valence-corrected chi connectivity index (χ1v) is 4.09. The van der Waals surface area contributed by atoms with E-state index in [1.807, 2.05) is 0 Å². The molecule has 0 aliphatic carbocycles. The SMILES string of the molecule is CCOC(=O)N1CCN(O)CC1. The molecule has 1 amide bonds. The maximum Gasteiger partial charge on any atom is 0.409 e. The molecule has 0 radical (unpaired) electrons. The lowest BCUT2D eigenvalue weighted by Crippen LogP contribution is -2.47. The summed E-state index contributed by atoms with van der Waals surface area (Å²) in [7, 11) is 0. The standard InChI is InChI=1S/C7H14N2O3/c1-2-12-7(10)8-3-5-9(11)6-4-8/h11H,2-6H2,1H3. The molecule has 0 aromatic carbocycles. The molecule has 0 bridgehead atoms. The molecule has 12 heavy (non-hydrogen) atoms. The topological polar surface area (TPSA) is 53.0 Å². The number of ether oxygens (including phenoxy) is 1. The van der Waals surface area contributed by atoms with Crippen molar-refractivity contribution >= 4 is 6.09 Å². The van der Waals surface area contributed by atoms with Gasteiger partial charge in [-0.25, -0.2) is 4.79 Å². The number of rotatable bonds is 1. The van der Waals surface area contributed by atoms with E-state index in [1.165, 1.54) is 5.06 Å². The summed E-state index contributed by atoms with van der Waals surface area (Å²) >= 11 is 0. The monoisotopic (exact) mass is 174 g/mol. The fraction of sp³-hybridized carbons (Fsp3) is 0.857. The molecule has 1 N–H and O–H groups in total. The van der Waals surface area contributed by atoms with Crippen molar-refractivity contribution in [2.45, 2.75) is 6.92 Å². The second-order valence-electron chi connectivity index (χ2n) is 2.64. The van der Waals surface area contributed by atoms with Crippen molar-refractivity contribution in [2.24, 2.45) is 0 Å². The fourth-order valence-corrected chi connectivity index (χ4v) is 1.09. The number of carbonyl (C=O) groups excluding carboxylic acids is 1. The molecule has 1 aliphatic rings. The highest BCUT2D eigenvalue weighted by atomic mass is 16.6. The second-order valence-corrected chi connectivity index (χ2v) is 2.64. The van der Waals surface area contributed by atoms with Crippen LogP contribution in [0.4, 0.5) is 4.79 Å². The van der Waals surface area contributed by atoms with Crippen LogP contribution in [-0.4, -0.2) is 54.0 Å². The molecule has 1 rings (SSSR count). The highest BCUT2D eigenvalue weighted by molar-refractivity contribution is 5.67. The zero-order chi connectivity index (χ0) is 8.97. The van der Waals surface area contributed by atoms with Crippen LogP contribution in [0.15, 0.2) is 0 Å². The van der Waals surface area contributed by atoms with E-state index >= 15 is 0 Å². The van der Waals surface area contributed by atoms with Crippen LogP contribution in [0, 0.1) is 0 Å². The molecule has 5 nitrogen and oxygen atoms in total. The van der Waals surface area contributed by atoms with E-state index in [2.05, 4.69) is 0 Å². The van der Waals surface area contributed by atoms with Crippen LogP contribution in [0.3, 0.4) is 0 Å². The Balaban J connectivity index is 2.29. The lowest BCUT2D eigenvalue weighted by molar-refractivity contribution is -0.114. The predicted molar refractivity (Wildman–Crippen MR) is 42.0 cm³/mol. The van der Waals surface area contributed by atoms with Crippen LogP contribution < -0.4 is 0 Å². The Kier molecular flexibility index (Phi) is 3.31. The zero-order valence-electron chi connectivity index (χ0n) is 7.19. The van der Waals surface area contributed by atoms with Gasteiger partial charge in [0.1, 0.15) is 0 Å². The smallest absolute Gasteiger partial charge is 0.409 e. The summed E-state index contributed by atoms with van der Waals surface area (Å²) in [6, 6.07) is 0. The van der Waals surface area contributed by atoms with Crippen molar-refractivity contribution in [1.29, 1.82) is 0 Å². The fourth-order valence-electron chi connectivity index (χ4n) is 1.09. The predicted octanol–water partition coefficient (Wildman–Crippen LogP) is 0.150. The first-order valence-electron chi connectivity index (χ1n) is 4.09. The van der Waals surface area contributed by atoms with Crippen molar-refractivity contribution in [2.75, 3.05) is 32.8 Å². The number of amides is 1. The number of piperazine rings is 1. The maximum absolute atomic E-state index is 11.1. The molecular formula is C7H14N2O3. The number of carbonyl (C=O) groups is 1. The van der Waals surface area contributed by atoms with Crippen LogP contribution in [0.1, 0.15) is 6.92 Å². The minimum absolute atomic E-state index is 0.286. The van der Waals surface area contributed by atoms with E-state index in [0.717, 1.165) is 0 Å². The third-order valence-electron chi connectivity index (χ3n) is 1.78. The molecule has 5 heteroatoms. The average molecular weight is 174 g/mol. The van der Waals surface area contributed by atoms with Gasteiger partial charge in [0.15, 0.2) is 0 Å². The molecule has 1 fully saturated rings. The van der Waals surface area contributed by atoms with Crippen molar-refractivity contribution in [3.05, 3.63) is 0 Å². The first-order chi connectivity index (χ1) is 5.74. The van der Waals surface area contributed by atoms with E-state index in [-0.39, 0.29) is 6.09 Å². The van der Waals surface area contributed by atoms with Crippen LogP contribution in [0.2, 0.25) is 0 Å². The lowest BCUT2D eigenvalue weighted by atomic mass is 10.4. The van der Waals surface area contributed by atoms with Crippen LogP contribution >= 0.6 is 0 Å². The second kappa shape index (κ2) is 4.27. The van der Waals surface area contributed by atoms with Gasteiger partial charge in [-0.3, -0.25) is 0 Å². The molecule has 0 unspecified atom stereocenters. The van der Waals surface area contributed by atoms with Gasteiger partial charge < -0.3 is 14.8 Å². The van der Waals surface area contributed by atoms with Crippen LogP contribution in [0.25, 0.3) is 0 Å². The Hall–Kier alpha value is -0.810. The highest BCUT2D eigenvalue weighted by Gasteiger charge is 2.20. The van der Waals surface area contributed by atoms with E-state index in [9.17, 15) is 4.79 Å². The molecular weight excluding hydrogens is 160 g/mol. The Bertz CT molecular complexity index is 155. The molecule has 1 aliphatic heterocycles. The zero-order valence-corrected chi connectivity index (χ0v) is 7.19. The minimum atomic E-state index is -0.286. The number of hydrogen-bond donors (Lipinski definition) is 1. The van der Waals surface area contributed by atoms with Crippen molar-refractivity contribution in [1.82, 2.24) is 9.96 Å². The molecule has 70 valence electrons. The number of nitrogens with zero attached hydrogens (tertiary/aromatic N) is 2. The summed E-state index contributed by atoms with van der Waals surface area (Å²) in [4.78, 5) is 12.7. The quantitative estimate of drug-likeness (QED) is 0.614. The molecule has 0 saturated carbocycles. The Morgan fingerprint density at radius 1 is 1.42 bits per heavy atom. The summed E-state index contributed by atoms with van der Waals surface area (Å²) in [5.74, 6) is 0. The van der Waals surface area contributed by atoms with E-state index in [0.29, 0.717) is 32.8 Å². The summed E-state index contributed by atoms with van der Waals surface area (Å²) in [6.45, 7) is 4.25. The van der Waals surface area contributed by atoms with Crippen molar-refractivity contribution < 1.29 is 14.7 Å². The summed E-state index contributed by atoms with van der Waals surface area (Å²) in [5.41, 5.74) is 0. The molecule has 0 atom stereocenters. The molecule has 0 aromatic rings. The minimum Gasteiger partial charge on any atom is -0.450 e. The van der Waals surface area contributed by atoms with Crippen LogP contribution in [0.5, 0.6) is 0 Å². The Morgan fingerprint density at radius 3 is 2.50 bits per heavy atom. The molecule has 0 spiro atoms. The van der Waals surface area contributed by atoms with Crippen molar-refractivity contribution in [3.63, 3.8) is 0 Å².